The zero-order valence-electron chi connectivity index (χ0n) is 22.4. The number of fused-ring (bicyclic) bond motifs is 7. The van der Waals surface area contributed by atoms with Crippen LogP contribution in [0.5, 0.6) is 0 Å². The standard InChI is InChI=1S/C40H25P/c1-2-14-29(15-3-1)41(39-25-28-13-6-7-16-30(28)31-17-8-9-18-32(31)39)38-22-21-34-37-24-27-12-5-4-11-26(27)23-36(37)33-19-10-20-35(38)40(33)34/h1-25H. The van der Waals surface area contributed by atoms with Gasteiger partial charge < -0.3 is 0 Å². The first-order chi connectivity index (χ1) is 20.3. The smallest absolute Gasteiger partial charge is 0.00197 e. The highest BCUT2D eigenvalue weighted by Crippen LogP contribution is 2.50. The quantitative estimate of drug-likeness (QED) is 0.156. The van der Waals surface area contributed by atoms with E-state index < -0.39 is 7.92 Å². The molecule has 1 aliphatic rings. The van der Waals surface area contributed by atoms with E-state index in [1.54, 1.807) is 0 Å². The molecule has 1 heteroatoms. The number of benzene rings is 8. The summed E-state index contributed by atoms with van der Waals surface area (Å²) in [6.45, 7) is 0. The molecule has 0 bridgehead atoms. The number of hydrogen-bond donors (Lipinski definition) is 0. The van der Waals surface area contributed by atoms with Gasteiger partial charge in [0, 0.05) is 0 Å². The Morgan fingerprint density at radius 2 is 0.902 bits per heavy atom. The summed E-state index contributed by atoms with van der Waals surface area (Å²) in [5.74, 6) is 0. The Balaban J connectivity index is 1.37. The van der Waals surface area contributed by atoms with Crippen molar-refractivity contribution in [1.82, 2.24) is 0 Å². The average Bonchev–Trinajstić information content (AvgIpc) is 3.35. The molecule has 1 aliphatic carbocycles. The van der Waals surface area contributed by atoms with Gasteiger partial charge in [-0.2, -0.15) is 0 Å². The van der Waals surface area contributed by atoms with Crippen molar-refractivity contribution in [3.8, 4) is 22.3 Å². The second-order valence-corrected chi connectivity index (χ2v) is 13.1. The van der Waals surface area contributed by atoms with Crippen LogP contribution < -0.4 is 15.9 Å². The van der Waals surface area contributed by atoms with Crippen molar-refractivity contribution >= 4 is 66.9 Å². The van der Waals surface area contributed by atoms with Crippen molar-refractivity contribution in [3.05, 3.63) is 152 Å². The largest absolute Gasteiger partial charge is 0.0622 e. The van der Waals surface area contributed by atoms with E-state index in [1.165, 1.54) is 81.3 Å². The van der Waals surface area contributed by atoms with Gasteiger partial charge in [0.25, 0.3) is 0 Å². The van der Waals surface area contributed by atoms with E-state index in [2.05, 4.69) is 152 Å². The minimum Gasteiger partial charge on any atom is -0.0622 e. The van der Waals surface area contributed by atoms with Crippen LogP contribution in [0.25, 0.3) is 65.3 Å². The topological polar surface area (TPSA) is 0 Å². The summed E-state index contributed by atoms with van der Waals surface area (Å²) < 4.78 is 0. The minimum absolute atomic E-state index is 0.823. The summed E-state index contributed by atoms with van der Waals surface area (Å²) in [5, 5.41) is 14.9. The maximum Gasteiger partial charge on any atom is -0.00197 e. The monoisotopic (exact) mass is 536 g/mol. The molecule has 0 aromatic heterocycles. The van der Waals surface area contributed by atoms with Crippen LogP contribution in [0.3, 0.4) is 0 Å². The van der Waals surface area contributed by atoms with E-state index in [0.717, 1.165) is 0 Å². The van der Waals surface area contributed by atoms with Crippen LogP contribution >= 0.6 is 7.92 Å². The van der Waals surface area contributed by atoms with Crippen LogP contribution in [-0.2, 0) is 0 Å². The van der Waals surface area contributed by atoms with Gasteiger partial charge in [-0.1, -0.05) is 133 Å². The fraction of sp³-hybridized carbons (Fsp3) is 0. The Labute approximate surface area is 240 Å². The van der Waals surface area contributed by atoms with Gasteiger partial charge in [0.1, 0.15) is 0 Å². The molecule has 190 valence electrons. The molecule has 41 heavy (non-hydrogen) atoms. The summed E-state index contributed by atoms with van der Waals surface area (Å²) >= 11 is 0. The predicted octanol–water partition coefficient (Wildman–Crippen LogP) is 9.70. The highest BCUT2D eigenvalue weighted by molar-refractivity contribution is 7.80. The molecule has 0 fully saturated rings. The van der Waals surface area contributed by atoms with Crippen molar-refractivity contribution in [1.29, 1.82) is 0 Å². The lowest BCUT2D eigenvalue weighted by atomic mass is 9.99. The molecule has 0 nitrogen and oxygen atoms in total. The van der Waals surface area contributed by atoms with E-state index in [-0.39, 0.29) is 0 Å². The van der Waals surface area contributed by atoms with Gasteiger partial charge in [-0.25, -0.2) is 0 Å². The van der Waals surface area contributed by atoms with Gasteiger partial charge in [-0.15, -0.1) is 0 Å². The van der Waals surface area contributed by atoms with Crippen molar-refractivity contribution in [2.24, 2.45) is 0 Å². The Bertz CT molecular complexity index is 2260. The van der Waals surface area contributed by atoms with Gasteiger partial charge in [0.15, 0.2) is 0 Å². The first-order valence-electron chi connectivity index (χ1n) is 14.2. The van der Waals surface area contributed by atoms with Gasteiger partial charge in [-0.05, 0) is 107 Å². The molecule has 0 aliphatic heterocycles. The molecule has 1 atom stereocenters. The van der Waals surface area contributed by atoms with E-state index in [1.807, 2.05) is 0 Å². The average molecular weight is 537 g/mol. The van der Waals surface area contributed by atoms with E-state index in [4.69, 9.17) is 0 Å². The summed E-state index contributed by atoms with van der Waals surface area (Å²) in [6.07, 6.45) is 0. The lowest BCUT2D eigenvalue weighted by Gasteiger charge is -2.24. The third kappa shape index (κ3) is 3.38. The molecular weight excluding hydrogens is 511 g/mol. The van der Waals surface area contributed by atoms with Crippen LogP contribution in [-0.4, -0.2) is 0 Å². The van der Waals surface area contributed by atoms with Crippen molar-refractivity contribution < 1.29 is 0 Å². The van der Waals surface area contributed by atoms with E-state index in [0.29, 0.717) is 0 Å². The van der Waals surface area contributed by atoms with Crippen LogP contribution in [0.15, 0.2) is 152 Å². The Kier molecular flexibility index (Phi) is 4.97. The molecular formula is C40H25P. The SMILES string of the molecule is c1ccc(P(c2ccc3c4c(cccc24)-c2cc4ccccc4cc2-3)c2cc3ccccc3c3ccccc23)cc1. The summed E-state index contributed by atoms with van der Waals surface area (Å²) in [4.78, 5) is 0. The zero-order chi connectivity index (χ0) is 26.9. The lowest BCUT2D eigenvalue weighted by molar-refractivity contribution is 1.73. The minimum atomic E-state index is -0.823. The second-order valence-electron chi connectivity index (χ2n) is 10.9. The predicted molar refractivity (Wildman–Crippen MR) is 180 cm³/mol. The van der Waals surface area contributed by atoms with Gasteiger partial charge in [0.05, 0.1) is 0 Å². The van der Waals surface area contributed by atoms with Gasteiger partial charge in [-0.3, -0.25) is 0 Å². The molecule has 0 N–H and O–H groups in total. The van der Waals surface area contributed by atoms with Gasteiger partial charge >= 0.3 is 0 Å². The molecule has 0 radical (unpaired) electrons. The highest BCUT2D eigenvalue weighted by atomic mass is 31.1. The molecule has 0 spiro atoms. The Morgan fingerprint density at radius 3 is 1.66 bits per heavy atom. The van der Waals surface area contributed by atoms with Crippen molar-refractivity contribution in [3.63, 3.8) is 0 Å². The molecule has 8 aromatic rings. The summed E-state index contributed by atoms with van der Waals surface area (Å²) in [7, 11) is -0.823. The normalized spacial score (nSPS) is 12.8. The molecule has 0 saturated carbocycles. The third-order valence-electron chi connectivity index (χ3n) is 8.73. The molecule has 8 aromatic carbocycles. The lowest BCUT2D eigenvalue weighted by Crippen LogP contribution is -2.22. The molecule has 0 amide bonds. The molecule has 0 heterocycles. The third-order valence-corrected chi connectivity index (χ3v) is 11.3. The number of hydrogen-bond acceptors (Lipinski definition) is 0. The maximum absolute atomic E-state index is 2.46. The molecule has 0 saturated heterocycles. The Hall–Kier alpha value is -4.77. The first-order valence-corrected chi connectivity index (χ1v) is 15.5. The highest BCUT2D eigenvalue weighted by Gasteiger charge is 2.27. The van der Waals surface area contributed by atoms with E-state index >= 15 is 0 Å². The van der Waals surface area contributed by atoms with Crippen LogP contribution in [0.4, 0.5) is 0 Å². The number of rotatable bonds is 3. The fourth-order valence-electron chi connectivity index (χ4n) is 6.93. The maximum atomic E-state index is 2.46. The van der Waals surface area contributed by atoms with Crippen molar-refractivity contribution in [2.45, 2.75) is 0 Å². The van der Waals surface area contributed by atoms with Gasteiger partial charge in [0.2, 0.25) is 0 Å². The van der Waals surface area contributed by atoms with Crippen LogP contribution in [0.1, 0.15) is 0 Å². The van der Waals surface area contributed by atoms with Crippen LogP contribution in [0.2, 0.25) is 0 Å². The summed E-state index contributed by atoms with van der Waals surface area (Å²) in [5.41, 5.74) is 5.40. The second kappa shape index (κ2) is 8.87. The Morgan fingerprint density at radius 1 is 0.317 bits per heavy atom. The summed E-state index contributed by atoms with van der Waals surface area (Å²) in [6, 6.07) is 56.6. The van der Waals surface area contributed by atoms with Crippen LogP contribution in [0, 0.1) is 0 Å². The van der Waals surface area contributed by atoms with Crippen molar-refractivity contribution in [2.75, 3.05) is 0 Å². The fourth-order valence-corrected chi connectivity index (χ4v) is 9.57. The van der Waals surface area contributed by atoms with E-state index in [9.17, 15) is 0 Å². The molecule has 9 rings (SSSR count). The molecule has 1 unspecified atom stereocenters. The first kappa shape index (κ1) is 23.0. The zero-order valence-corrected chi connectivity index (χ0v) is 23.3.